The minimum absolute atomic E-state index is 0.279. The molecule has 1 unspecified atom stereocenters. The lowest BCUT2D eigenvalue weighted by molar-refractivity contribution is -0.141. The summed E-state index contributed by atoms with van der Waals surface area (Å²) >= 11 is 0. The Morgan fingerprint density at radius 3 is 2.56 bits per heavy atom. The highest BCUT2D eigenvalue weighted by Gasteiger charge is 2.43. The third-order valence-corrected chi connectivity index (χ3v) is 8.09. The van der Waals surface area contributed by atoms with Gasteiger partial charge in [0, 0.05) is 55.3 Å². The lowest BCUT2D eigenvalue weighted by Crippen LogP contribution is -2.58. The fourth-order valence-electron chi connectivity index (χ4n) is 5.82. The van der Waals surface area contributed by atoms with Gasteiger partial charge >= 0.3 is 0 Å². The van der Waals surface area contributed by atoms with E-state index in [1.807, 2.05) is 19.1 Å². The van der Waals surface area contributed by atoms with E-state index in [2.05, 4.69) is 32.4 Å². The number of H-pyrrole nitrogens is 1. The third kappa shape index (κ3) is 5.14. The summed E-state index contributed by atoms with van der Waals surface area (Å²) in [7, 11) is 2.07. The second-order valence-electron chi connectivity index (χ2n) is 11.1. The number of aryl methyl sites for hydroxylation is 1. The molecule has 1 saturated carbocycles. The number of fused-ring (bicyclic) bond motifs is 2. The Morgan fingerprint density at radius 1 is 1.14 bits per heavy atom. The van der Waals surface area contributed by atoms with Crippen molar-refractivity contribution in [3.05, 3.63) is 17.8 Å². The van der Waals surface area contributed by atoms with Gasteiger partial charge in [0.05, 0.1) is 19.8 Å². The number of carbonyl (C=O) groups excluding carboxylic acids is 1. The van der Waals surface area contributed by atoms with Gasteiger partial charge < -0.3 is 24.6 Å². The molecule has 3 saturated heterocycles. The molecule has 36 heavy (non-hydrogen) atoms. The smallest absolute Gasteiger partial charge is 0.230 e. The summed E-state index contributed by atoms with van der Waals surface area (Å²) in [6.45, 7) is 4.00. The van der Waals surface area contributed by atoms with Crippen LogP contribution >= 0.6 is 0 Å². The number of piperidine rings is 2. The highest BCUT2D eigenvalue weighted by molar-refractivity contribution is 5.77. The number of anilines is 3. The zero-order chi connectivity index (χ0) is 24.6. The van der Waals surface area contributed by atoms with Crippen LogP contribution in [0.5, 0.6) is 5.88 Å². The zero-order valence-electron chi connectivity index (χ0n) is 21.3. The molecule has 6 rings (SSSR count). The Labute approximate surface area is 212 Å². The van der Waals surface area contributed by atoms with Crippen molar-refractivity contribution in [2.45, 2.75) is 76.4 Å². The fraction of sp³-hybridized carbons (Fsp3) is 0.692. The number of hydrogen-bond acceptors (Lipinski definition) is 8. The van der Waals surface area contributed by atoms with Crippen LogP contribution in [0.25, 0.3) is 0 Å². The fourth-order valence-corrected chi connectivity index (χ4v) is 5.82. The number of nitrogens with one attached hydrogen (secondary N) is 2. The molecule has 10 heteroatoms. The molecule has 1 amide bonds. The summed E-state index contributed by atoms with van der Waals surface area (Å²) in [6, 6.07) is 4.68. The Balaban J connectivity index is 1.20. The van der Waals surface area contributed by atoms with Gasteiger partial charge in [-0.1, -0.05) is 0 Å². The summed E-state index contributed by atoms with van der Waals surface area (Å²) in [5, 5.41) is 10.5. The first-order valence-electron chi connectivity index (χ1n) is 13.4. The van der Waals surface area contributed by atoms with Gasteiger partial charge in [-0.15, -0.1) is 0 Å². The Bertz CT molecular complexity index is 1070. The Hall–Kier alpha value is -2.88. The van der Waals surface area contributed by atoms with Crippen LogP contribution in [-0.2, 0) is 9.53 Å². The van der Waals surface area contributed by atoms with E-state index >= 15 is 0 Å². The molecule has 0 radical (unpaired) electrons. The number of hydrogen-bond donors (Lipinski definition) is 2. The predicted molar refractivity (Wildman–Crippen MR) is 135 cm³/mol. The molecule has 2 N–H and O–H groups in total. The summed E-state index contributed by atoms with van der Waals surface area (Å²) in [4.78, 5) is 27.1. The van der Waals surface area contributed by atoms with E-state index in [4.69, 9.17) is 19.4 Å². The van der Waals surface area contributed by atoms with E-state index in [9.17, 15) is 4.79 Å². The first kappa shape index (κ1) is 23.5. The molecular formula is C26H37N7O3. The van der Waals surface area contributed by atoms with Crippen molar-refractivity contribution in [1.29, 1.82) is 0 Å². The molecule has 194 valence electrons. The normalized spacial score (nSPS) is 25.8. The Kier molecular flexibility index (Phi) is 6.45. The van der Waals surface area contributed by atoms with Crippen LogP contribution in [0.1, 0.15) is 57.1 Å². The standard InChI is InChI=1S/C26H37N7O3/c1-16-8-23(31-30-16)27-22-12-24(36-15-18-13-35-14-18)29-26(28-22)32(2)21-10-19-4-3-5-20(11-21)33(19)25(34)9-17-6-7-17/h8,12,17-21H,3-7,9-11,13-15H2,1-2H3,(H2,27,28,29,30,31)/t19-,20+,21?. The number of aromatic amines is 1. The maximum absolute atomic E-state index is 13.1. The van der Waals surface area contributed by atoms with Crippen LogP contribution in [0.2, 0.25) is 0 Å². The third-order valence-electron chi connectivity index (χ3n) is 8.09. The molecule has 3 atom stereocenters. The van der Waals surface area contributed by atoms with Crippen molar-refractivity contribution < 1.29 is 14.3 Å². The van der Waals surface area contributed by atoms with E-state index in [1.165, 1.54) is 19.3 Å². The second kappa shape index (κ2) is 9.88. The van der Waals surface area contributed by atoms with Gasteiger partial charge in [-0.25, -0.2) is 0 Å². The van der Waals surface area contributed by atoms with E-state index in [1.54, 1.807) is 0 Å². The van der Waals surface area contributed by atoms with Gasteiger partial charge in [-0.3, -0.25) is 9.89 Å². The van der Waals surface area contributed by atoms with E-state index in [0.717, 1.165) is 51.0 Å². The number of rotatable bonds is 9. The average molecular weight is 496 g/mol. The van der Waals surface area contributed by atoms with Gasteiger partial charge in [0.1, 0.15) is 5.82 Å². The summed E-state index contributed by atoms with van der Waals surface area (Å²) in [6.07, 6.45) is 8.49. The molecule has 0 aromatic carbocycles. The zero-order valence-corrected chi connectivity index (χ0v) is 21.3. The van der Waals surface area contributed by atoms with Gasteiger partial charge in [-0.2, -0.15) is 15.1 Å². The lowest BCUT2D eigenvalue weighted by atomic mass is 9.81. The highest BCUT2D eigenvalue weighted by Crippen LogP contribution is 2.40. The lowest BCUT2D eigenvalue weighted by Gasteiger charge is -2.50. The quantitative estimate of drug-likeness (QED) is 0.545. The minimum Gasteiger partial charge on any atom is -0.477 e. The van der Waals surface area contributed by atoms with Crippen LogP contribution < -0.4 is 15.0 Å². The van der Waals surface area contributed by atoms with Crippen LogP contribution in [-0.4, -0.2) is 76.0 Å². The van der Waals surface area contributed by atoms with Crippen molar-refractivity contribution in [1.82, 2.24) is 25.1 Å². The van der Waals surface area contributed by atoms with Gasteiger partial charge in [0.25, 0.3) is 0 Å². The number of ether oxygens (including phenoxy) is 2. The first-order chi connectivity index (χ1) is 17.5. The molecule has 1 aliphatic carbocycles. The van der Waals surface area contributed by atoms with Crippen molar-refractivity contribution in [2.75, 3.05) is 37.1 Å². The number of carbonyl (C=O) groups is 1. The first-order valence-corrected chi connectivity index (χ1v) is 13.4. The summed E-state index contributed by atoms with van der Waals surface area (Å²) in [5.74, 6) is 3.94. The van der Waals surface area contributed by atoms with Crippen LogP contribution in [0.3, 0.4) is 0 Å². The maximum Gasteiger partial charge on any atom is 0.230 e. The molecule has 2 aromatic heterocycles. The topological polar surface area (TPSA) is 108 Å². The van der Waals surface area contributed by atoms with E-state index in [0.29, 0.717) is 59.9 Å². The van der Waals surface area contributed by atoms with Crippen molar-refractivity contribution in [3.63, 3.8) is 0 Å². The highest BCUT2D eigenvalue weighted by atomic mass is 16.5. The molecule has 4 aliphatic rings. The van der Waals surface area contributed by atoms with Crippen LogP contribution in [0.15, 0.2) is 12.1 Å². The van der Waals surface area contributed by atoms with Crippen molar-refractivity contribution in [3.8, 4) is 5.88 Å². The molecule has 5 heterocycles. The summed E-state index contributed by atoms with van der Waals surface area (Å²) in [5.41, 5.74) is 0.972. The minimum atomic E-state index is 0.279. The van der Waals surface area contributed by atoms with E-state index in [-0.39, 0.29) is 6.04 Å². The number of aromatic nitrogens is 4. The largest absolute Gasteiger partial charge is 0.477 e. The molecule has 2 bridgehead atoms. The van der Waals surface area contributed by atoms with Crippen molar-refractivity contribution in [2.24, 2.45) is 11.8 Å². The molecule has 3 aliphatic heterocycles. The van der Waals surface area contributed by atoms with Crippen molar-refractivity contribution >= 4 is 23.5 Å². The number of nitrogens with zero attached hydrogens (tertiary/aromatic N) is 5. The molecule has 2 aromatic rings. The SMILES string of the molecule is Cc1cc(Nc2cc(OCC3COC3)nc(N(C)C3C[C@H]4CCC[C@@H](C3)N4C(=O)CC3CC3)n2)n[nH]1. The van der Waals surface area contributed by atoms with Gasteiger partial charge in [-0.05, 0) is 57.8 Å². The van der Waals surface area contributed by atoms with Crippen LogP contribution in [0.4, 0.5) is 17.6 Å². The van der Waals surface area contributed by atoms with Crippen LogP contribution in [0, 0.1) is 18.8 Å². The van der Waals surface area contributed by atoms with E-state index < -0.39 is 0 Å². The number of amides is 1. The summed E-state index contributed by atoms with van der Waals surface area (Å²) < 4.78 is 11.3. The average Bonchev–Trinajstić information content (AvgIpc) is 3.55. The monoisotopic (exact) mass is 495 g/mol. The predicted octanol–water partition coefficient (Wildman–Crippen LogP) is 3.43. The molecule has 4 fully saturated rings. The van der Waals surface area contributed by atoms with Gasteiger partial charge in [0.2, 0.25) is 17.7 Å². The Morgan fingerprint density at radius 2 is 1.92 bits per heavy atom. The second-order valence-corrected chi connectivity index (χ2v) is 11.1. The molecular weight excluding hydrogens is 458 g/mol. The molecule has 10 nitrogen and oxygen atoms in total. The molecule has 0 spiro atoms. The maximum atomic E-state index is 13.1. The van der Waals surface area contributed by atoms with Gasteiger partial charge in [0.15, 0.2) is 5.82 Å².